The third-order valence-electron chi connectivity index (χ3n) is 5.13. The predicted octanol–water partition coefficient (Wildman–Crippen LogP) is 2.34. The summed E-state index contributed by atoms with van der Waals surface area (Å²) in [5.41, 5.74) is 1.45. The quantitative estimate of drug-likeness (QED) is 0.856. The second-order valence-electron chi connectivity index (χ2n) is 6.87. The summed E-state index contributed by atoms with van der Waals surface area (Å²) in [7, 11) is 0. The maximum Gasteiger partial charge on any atom is 0.152 e. The SMILES string of the molecule is CCOC1CC(O)(CNc2nccn3nc(C4CCC4)cc23)C1. The zero-order valence-electron chi connectivity index (χ0n) is 13.5. The lowest BCUT2D eigenvalue weighted by Gasteiger charge is -2.43. The van der Waals surface area contributed by atoms with Gasteiger partial charge in [0.15, 0.2) is 5.82 Å². The van der Waals surface area contributed by atoms with Gasteiger partial charge >= 0.3 is 0 Å². The summed E-state index contributed by atoms with van der Waals surface area (Å²) in [5, 5.41) is 18.5. The Bertz CT molecular complexity index is 689. The molecule has 0 atom stereocenters. The second-order valence-corrected chi connectivity index (χ2v) is 6.87. The van der Waals surface area contributed by atoms with Crippen molar-refractivity contribution in [3.05, 3.63) is 24.2 Å². The molecule has 0 saturated heterocycles. The Morgan fingerprint density at radius 2 is 2.26 bits per heavy atom. The van der Waals surface area contributed by atoms with Crippen LogP contribution in [0.4, 0.5) is 5.82 Å². The average molecular weight is 316 g/mol. The first-order valence-corrected chi connectivity index (χ1v) is 8.59. The highest BCUT2D eigenvalue weighted by molar-refractivity contribution is 5.68. The van der Waals surface area contributed by atoms with E-state index in [4.69, 9.17) is 4.74 Å². The molecule has 2 aliphatic rings. The Hall–Kier alpha value is -1.66. The van der Waals surface area contributed by atoms with E-state index in [9.17, 15) is 5.11 Å². The van der Waals surface area contributed by atoms with Gasteiger partial charge in [0.05, 0.1) is 17.4 Å². The van der Waals surface area contributed by atoms with Gasteiger partial charge in [-0.3, -0.25) is 0 Å². The number of ether oxygens (including phenoxy) is 1. The first-order valence-electron chi connectivity index (χ1n) is 8.59. The van der Waals surface area contributed by atoms with Gasteiger partial charge in [0.25, 0.3) is 0 Å². The zero-order chi connectivity index (χ0) is 15.9. The highest BCUT2D eigenvalue weighted by Gasteiger charge is 2.43. The maximum absolute atomic E-state index is 10.5. The Morgan fingerprint density at radius 1 is 1.43 bits per heavy atom. The van der Waals surface area contributed by atoms with Crippen molar-refractivity contribution < 1.29 is 9.84 Å². The maximum atomic E-state index is 10.5. The molecule has 0 amide bonds. The number of hydrogen-bond donors (Lipinski definition) is 2. The first kappa shape index (κ1) is 14.9. The Labute approximate surface area is 135 Å². The molecule has 2 aromatic heterocycles. The van der Waals surface area contributed by atoms with Crippen LogP contribution in [0.15, 0.2) is 18.5 Å². The standard InChI is InChI=1S/C17H24N4O2/c1-2-23-13-9-17(22,10-13)11-19-16-15-8-14(12-4-3-5-12)20-21(15)7-6-18-16/h6-8,12-13,22H,2-5,9-11H2,1H3,(H,18,19). The normalized spacial score (nSPS) is 27.7. The van der Waals surface area contributed by atoms with Crippen LogP contribution in [-0.2, 0) is 4.74 Å². The topological polar surface area (TPSA) is 71.7 Å². The zero-order valence-corrected chi connectivity index (χ0v) is 13.5. The molecule has 2 fully saturated rings. The van der Waals surface area contributed by atoms with Gasteiger partial charge in [0.2, 0.25) is 0 Å². The number of rotatable bonds is 6. The van der Waals surface area contributed by atoms with E-state index in [0.29, 0.717) is 31.9 Å². The van der Waals surface area contributed by atoms with E-state index in [2.05, 4.69) is 21.5 Å². The molecule has 6 nitrogen and oxygen atoms in total. The highest BCUT2D eigenvalue weighted by Crippen LogP contribution is 2.37. The molecular weight excluding hydrogens is 292 g/mol. The van der Waals surface area contributed by atoms with Crippen LogP contribution in [0.3, 0.4) is 0 Å². The van der Waals surface area contributed by atoms with Crippen LogP contribution < -0.4 is 5.32 Å². The van der Waals surface area contributed by atoms with E-state index in [1.165, 1.54) is 19.3 Å². The minimum Gasteiger partial charge on any atom is -0.388 e. The smallest absolute Gasteiger partial charge is 0.152 e. The number of anilines is 1. The van der Waals surface area contributed by atoms with Crippen LogP contribution in [0.5, 0.6) is 0 Å². The fraction of sp³-hybridized carbons (Fsp3) is 0.647. The molecule has 0 aromatic carbocycles. The number of fused-ring (bicyclic) bond motifs is 1. The van der Waals surface area contributed by atoms with Gasteiger partial charge in [0.1, 0.15) is 5.52 Å². The number of nitrogens with one attached hydrogen (secondary N) is 1. The first-order chi connectivity index (χ1) is 11.2. The van der Waals surface area contributed by atoms with Crippen LogP contribution in [-0.4, -0.2) is 44.6 Å². The molecule has 23 heavy (non-hydrogen) atoms. The molecule has 2 heterocycles. The summed E-state index contributed by atoms with van der Waals surface area (Å²) in [6.45, 7) is 3.18. The fourth-order valence-corrected chi connectivity index (χ4v) is 3.51. The molecule has 0 spiro atoms. The Kier molecular flexibility index (Phi) is 3.73. The minimum absolute atomic E-state index is 0.190. The van der Waals surface area contributed by atoms with Crippen LogP contribution in [0, 0.1) is 0 Å². The highest BCUT2D eigenvalue weighted by atomic mass is 16.5. The van der Waals surface area contributed by atoms with Crippen molar-refractivity contribution in [1.82, 2.24) is 14.6 Å². The van der Waals surface area contributed by atoms with E-state index < -0.39 is 5.60 Å². The van der Waals surface area contributed by atoms with Crippen molar-refractivity contribution in [2.24, 2.45) is 0 Å². The van der Waals surface area contributed by atoms with Gasteiger partial charge in [-0.2, -0.15) is 5.10 Å². The van der Waals surface area contributed by atoms with Crippen molar-refractivity contribution in [2.75, 3.05) is 18.5 Å². The lowest BCUT2D eigenvalue weighted by Crippen LogP contribution is -2.52. The van der Waals surface area contributed by atoms with Gasteiger partial charge in [-0.25, -0.2) is 9.50 Å². The molecule has 0 aliphatic heterocycles. The molecule has 2 N–H and O–H groups in total. The number of nitrogens with zero attached hydrogens (tertiary/aromatic N) is 3. The lowest BCUT2D eigenvalue weighted by molar-refractivity contribution is -0.129. The van der Waals surface area contributed by atoms with Crippen molar-refractivity contribution in [2.45, 2.75) is 56.7 Å². The molecule has 2 aliphatic carbocycles. The molecule has 6 heteroatoms. The van der Waals surface area contributed by atoms with Crippen molar-refractivity contribution in [1.29, 1.82) is 0 Å². The van der Waals surface area contributed by atoms with Crippen molar-refractivity contribution in [3.8, 4) is 0 Å². The molecule has 0 bridgehead atoms. The van der Waals surface area contributed by atoms with E-state index in [0.717, 1.165) is 17.0 Å². The van der Waals surface area contributed by atoms with Crippen LogP contribution in [0.1, 0.15) is 50.6 Å². The van der Waals surface area contributed by atoms with Crippen LogP contribution in [0.25, 0.3) is 5.52 Å². The lowest BCUT2D eigenvalue weighted by atomic mass is 9.77. The van der Waals surface area contributed by atoms with Gasteiger partial charge in [0, 0.05) is 44.3 Å². The molecule has 0 radical (unpaired) electrons. The summed E-state index contributed by atoms with van der Waals surface area (Å²) >= 11 is 0. The van der Waals surface area contributed by atoms with Gasteiger partial charge in [-0.15, -0.1) is 0 Å². The second kappa shape index (κ2) is 5.76. The largest absolute Gasteiger partial charge is 0.388 e. The summed E-state index contributed by atoms with van der Waals surface area (Å²) in [6.07, 6.45) is 8.96. The summed E-state index contributed by atoms with van der Waals surface area (Å²) < 4.78 is 7.41. The van der Waals surface area contributed by atoms with E-state index in [1.807, 2.05) is 17.6 Å². The molecule has 124 valence electrons. The van der Waals surface area contributed by atoms with Gasteiger partial charge in [-0.1, -0.05) is 6.42 Å². The van der Waals surface area contributed by atoms with Crippen LogP contribution in [0.2, 0.25) is 0 Å². The Balaban J connectivity index is 1.45. The summed E-state index contributed by atoms with van der Waals surface area (Å²) in [6, 6.07) is 2.13. The fourth-order valence-electron chi connectivity index (χ4n) is 3.51. The average Bonchev–Trinajstić information content (AvgIpc) is 2.85. The third kappa shape index (κ3) is 2.81. The number of hydrogen-bond acceptors (Lipinski definition) is 5. The minimum atomic E-state index is -0.689. The predicted molar refractivity (Wildman–Crippen MR) is 87.7 cm³/mol. The van der Waals surface area contributed by atoms with E-state index in [-0.39, 0.29) is 6.10 Å². The van der Waals surface area contributed by atoms with Crippen molar-refractivity contribution >= 4 is 11.3 Å². The van der Waals surface area contributed by atoms with E-state index in [1.54, 1.807) is 6.20 Å². The third-order valence-corrected chi connectivity index (χ3v) is 5.13. The molecule has 0 unspecified atom stereocenters. The molecular formula is C17H24N4O2. The van der Waals surface area contributed by atoms with Gasteiger partial charge < -0.3 is 15.2 Å². The monoisotopic (exact) mass is 316 g/mol. The molecule has 2 aromatic rings. The molecule has 2 saturated carbocycles. The van der Waals surface area contributed by atoms with E-state index >= 15 is 0 Å². The Morgan fingerprint density at radius 3 is 2.96 bits per heavy atom. The summed E-state index contributed by atoms with van der Waals surface area (Å²) in [5.74, 6) is 1.39. The van der Waals surface area contributed by atoms with Crippen molar-refractivity contribution in [3.63, 3.8) is 0 Å². The number of aliphatic hydroxyl groups is 1. The van der Waals surface area contributed by atoms with Gasteiger partial charge in [-0.05, 0) is 25.8 Å². The summed E-state index contributed by atoms with van der Waals surface area (Å²) in [4.78, 5) is 4.43. The number of aromatic nitrogens is 3. The van der Waals surface area contributed by atoms with Crippen LogP contribution >= 0.6 is 0 Å². The molecule has 4 rings (SSSR count).